The van der Waals surface area contributed by atoms with Gasteiger partial charge in [-0.25, -0.2) is 9.37 Å². The first-order chi connectivity index (χ1) is 14.9. The van der Waals surface area contributed by atoms with E-state index in [-0.39, 0.29) is 36.5 Å². The number of imidazole rings is 1. The summed E-state index contributed by atoms with van der Waals surface area (Å²) in [7, 11) is 1.65. The highest BCUT2D eigenvalue weighted by Crippen LogP contribution is 2.34. The molecule has 3 aromatic rings. The van der Waals surface area contributed by atoms with Crippen LogP contribution in [0, 0.1) is 5.82 Å². The molecule has 1 fully saturated rings. The number of aromatic amines is 1. The molecule has 0 spiro atoms. The van der Waals surface area contributed by atoms with E-state index in [1.807, 2.05) is 0 Å². The standard InChI is InChI=1S/C22H21FN4O3S/c1-3-27-20(28)11-18(22(27)30)31-17-7-5-4-6-14(17)21(29)26(2)12-19-24-15-9-8-13(23)10-16(15)25-19/h4-10,18H,3,11-12H2,1-2H3,(H,24,25). The van der Waals surface area contributed by atoms with E-state index in [1.54, 1.807) is 44.3 Å². The van der Waals surface area contributed by atoms with E-state index in [0.29, 0.717) is 33.9 Å². The Bertz CT molecular complexity index is 1180. The Hall–Kier alpha value is -3.20. The van der Waals surface area contributed by atoms with Gasteiger partial charge in [0.05, 0.1) is 28.4 Å². The third-order valence-electron chi connectivity index (χ3n) is 5.13. The van der Waals surface area contributed by atoms with E-state index in [2.05, 4.69) is 9.97 Å². The summed E-state index contributed by atoms with van der Waals surface area (Å²) in [5.41, 5.74) is 1.64. The molecular formula is C22H21FN4O3S. The Labute approximate surface area is 182 Å². The smallest absolute Gasteiger partial charge is 0.255 e. The molecule has 3 amide bonds. The quantitative estimate of drug-likeness (QED) is 0.595. The molecular weight excluding hydrogens is 419 g/mol. The number of benzene rings is 2. The van der Waals surface area contributed by atoms with Crippen LogP contribution in [0.1, 0.15) is 29.5 Å². The Morgan fingerprint density at radius 2 is 2.06 bits per heavy atom. The van der Waals surface area contributed by atoms with E-state index in [0.717, 1.165) is 0 Å². The predicted molar refractivity (Wildman–Crippen MR) is 115 cm³/mol. The maximum Gasteiger partial charge on any atom is 0.255 e. The number of likely N-dealkylation sites (tertiary alicyclic amines) is 1. The fourth-order valence-electron chi connectivity index (χ4n) is 3.59. The van der Waals surface area contributed by atoms with Crippen molar-refractivity contribution < 1.29 is 18.8 Å². The molecule has 9 heteroatoms. The van der Waals surface area contributed by atoms with Crippen LogP contribution in [0.4, 0.5) is 4.39 Å². The molecule has 1 saturated heterocycles. The molecule has 1 N–H and O–H groups in total. The number of aromatic nitrogens is 2. The zero-order valence-electron chi connectivity index (χ0n) is 17.1. The molecule has 0 radical (unpaired) electrons. The second kappa shape index (κ2) is 8.50. The Balaban J connectivity index is 1.51. The van der Waals surface area contributed by atoms with Crippen molar-refractivity contribution in [2.24, 2.45) is 0 Å². The van der Waals surface area contributed by atoms with Crippen molar-refractivity contribution in [2.45, 2.75) is 30.0 Å². The van der Waals surface area contributed by atoms with Gasteiger partial charge in [0.2, 0.25) is 11.8 Å². The van der Waals surface area contributed by atoms with Crippen molar-refractivity contribution in [3.63, 3.8) is 0 Å². The van der Waals surface area contributed by atoms with E-state index >= 15 is 0 Å². The first-order valence-electron chi connectivity index (χ1n) is 9.87. The Morgan fingerprint density at radius 3 is 2.81 bits per heavy atom. The van der Waals surface area contributed by atoms with Crippen molar-refractivity contribution >= 4 is 40.5 Å². The minimum Gasteiger partial charge on any atom is -0.340 e. The highest BCUT2D eigenvalue weighted by atomic mass is 32.2. The third-order valence-corrected chi connectivity index (χ3v) is 6.39. The molecule has 4 rings (SSSR count). The maximum atomic E-state index is 13.4. The van der Waals surface area contributed by atoms with Crippen molar-refractivity contribution in [1.29, 1.82) is 0 Å². The number of carbonyl (C=O) groups excluding carboxylic acids is 3. The fraction of sp³-hybridized carbons (Fsp3) is 0.273. The summed E-state index contributed by atoms with van der Waals surface area (Å²) in [6.45, 7) is 2.32. The van der Waals surface area contributed by atoms with Crippen LogP contribution in [-0.2, 0) is 16.1 Å². The minimum atomic E-state index is -0.531. The van der Waals surface area contributed by atoms with Crippen molar-refractivity contribution in [1.82, 2.24) is 19.8 Å². The number of nitrogens with zero attached hydrogens (tertiary/aromatic N) is 3. The largest absolute Gasteiger partial charge is 0.340 e. The zero-order chi connectivity index (χ0) is 22.1. The minimum absolute atomic E-state index is 0.130. The molecule has 31 heavy (non-hydrogen) atoms. The van der Waals surface area contributed by atoms with Crippen LogP contribution >= 0.6 is 11.8 Å². The zero-order valence-corrected chi connectivity index (χ0v) is 17.9. The summed E-state index contributed by atoms with van der Waals surface area (Å²) in [6, 6.07) is 11.3. The van der Waals surface area contributed by atoms with Crippen LogP contribution in [0.2, 0.25) is 0 Å². The third kappa shape index (κ3) is 4.18. The van der Waals surface area contributed by atoms with Gasteiger partial charge in [-0.2, -0.15) is 0 Å². The monoisotopic (exact) mass is 440 g/mol. The molecule has 7 nitrogen and oxygen atoms in total. The average Bonchev–Trinajstić information content (AvgIpc) is 3.26. The van der Waals surface area contributed by atoms with Gasteiger partial charge in [0, 0.05) is 24.9 Å². The lowest BCUT2D eigenvalue weighted by atomic mass is 10.2. The molecule has 0 saturated carbocycles. The average molecular weight is 441 g/mol. The topological polar surface area (TPSA) is 86.4 Å². The van der Waals surface area contributed by atoms with Crippen molar-refractivity contribution in [3.05, 3.63) is 59.7 Å². The van der Waals surface area contributed by atoms with E-state index in [1.165, 1.54) is 33.7 Å². The summed E-state index contributed by atoms with van der Waals surface area (Å²) < 4.78 is 13.4. The lowest BCUT2D eigenvalue weighted by Gasteiger charge is -2.19. The molecule has 0 aliphatic carbocycles. The molecule has 1 atom stereocenters. The first kappa shape index (κ1) is 21.0. The first-order valence-corrected chi connectivity index (χ1v) is 10.7. The molecule has 0 bridgehead atoms. The maximum absolute atomic E-state index is 13.4. The fourth-order valence-corrected chi connectivity index (χ4v) is 4.79. The van der Waals surface area contributed by atoms with Crippen LogP contribution < -0.4 is 0 Å². The summed E-state index contributed by atoms with van der Waals surface area (Å²) >= 11 is 1.24. The number of halogens is 1. The lowest BCUT2D eigenvalue weighted by Crippen LogP contribution is -2.31. The number of fused-ring (bicyclic) bond motifs is 1. The van der Waals surface area contributed by atoms with Crippen LogP contribution in [0.25, 0.3) is 11.0 Å². The van der Waals surface area contributed by atoms with Gasteiger partial charge in [0.25, 0.3) is 5.91 Å². The van der Waals surface area contributed by atoms with Gasteiger partial charge in [-0.15, -0.1) is 11.8 Å². The molecule has 2 heterocycles. The number of amides is 3. The predicted octanol–water partition coefficient (Wildman–Crippen LogP) is 3.21. The molecule has 1 unspecified atom stereocenters. The van der Waals surface area contributed by atoms with Crippen LogP contribution in [-0.4, -0.2) is 56.3 Å². The number of imide groups is 1. The molecule has 1 aromatic heterocycles. The van der Waals surface area contributed by atoms with E-state index < -0.39 is 5.25 Å². The van der Waals surface area contributed by atoms with Gasteiger partial charge in [-0.05, 0) is 37.3 Å². The van der Waals surface area contributed by atoms with Gasteiger partial charge >= 0.3 is 0 Å². The number of thioether (sulfide) groups is 1. The Morgan fingerprint density at radius 1 is 1.29 bits per heavy atom. The number of hydrogen-bond donors (Lipinski definition) is 1. The van der Waals surface area contributed by atoms with Crippen molar-refractivity contribution in [2.75, 3.05) is 13.6 Å². The summed E-state index contributed by atoms with van der Waals surface area (Å²) in [5.74, 6) is -0.467. The van der Waals surface area contributed by atoms with Crippen LogP contribution in [0.3, 0.4) is 0 Å². The summed E-state index contributed by atoms with van der Waals surface area (Å²) in [5, 5.41) is -0.531. The summed E-state index contributed by atoms with van der Waals surface area (Å²) in [4.78, 5) is 48.5. The molecule has 2 aromatic carbocycles. The SMILES string of the molecule is CCN1C(=O)CC(Sc2ccccc2C(=O)N(C)Cc2nc3ccc(F)cc3[nH]2)C1=O. The van der Waals surface area contributed by atoms with Gasteiger partial charge in [-0.3, -0.25) is 19.3 Å². The van der Waals surface area contributed by atoms with Gasteiger partial charge < -0.3 is 9.88 Å². The summed E-state index contributed by atoms with van der Waals surface area (Å²) in [6.07, 6.45) is 0.130. The van der Waals surface area contributed by atoms with Gasteiger partial charge in [-0.1, -0.05) is 12.1 Å². The lowest BCUT2D eigenvalue weighted by molar-refractivity contribution is -0.137. The second-order valence-electron chi connectivity index (χ2n) is 7.29. The number of hydrogen-bond acceptors (Lipinski definition) is 5. The van der Waals surface area contributed by atoms with Crippen LogP contribution in [0.15, 0.2) is 47.4 Å². The molecule has 1 aliphatic heterocycles. The number of nitrogens with one attached hydrogen (secondary N) is 1. The second-order valence-corrected chi connectivity index (χ2v) is 8.53. The van der Waals surface area contributed by atoms with Crippen LogP contribution in [0.5, 0.6) is 0 Å². The molecule has 1 aliphatic rings. The number of rotatable bonds is 6. The highest BCUT2D eigenvalue weighted by Gasteiger charge is 2.38. The van der Waals surface area contributed by atoms with E-state index in [9.17, 15) is 18.8 Å². The Kier molecular flexibility index (Phi) is 5.77. The molecule has 160 valence electrons. The van der Waals surface area contributed by atoms with Crippen molar-refractivity contribution in [3.8, 4) is 0 Å². The normalized spacial score (nSPS) is 16.4. The van der Waals surface area contributed by atoms with E-state index in [4.69, 9.17) is 0 Å². The van der Waals surface area contributed by atoms with Gasteiger partial charge in [0.1, 0.15) is 11.6 Å². The number of carbonyl (C=O) groups is 3. The van der Waals surface area contributed by atoms with Gasteiger partial charge in [0.15, 0.2) is 0 Å². The highest BCUT2D eigenvalue weighted by molar-refractivity contribution is 8.00. The number of H-pyrrole nitrogens is 1.